The van der Waals surface area contributed by atoms with E-state index in [1.54, 1.807) is 10.9 Å². The van der Waals surface area contributed by atoms with E-state index in [2.05, 4.69) is 24.3 Å². The van der Waals surface area contributed by atoms with E-state index in [-0.39, 0.29) is 18.4 Å². The average molecular weight is 323 g/mol. The number of carbonyl (C=O) groups excluding carboxylic acids is 1. The van der Waals surface area contributed by atoms with Gasteiger partial charge in [-0.1, -0.05) is 13.8 Å². The summed E-state index contributed by atoms with van der Waals surface area (Å²) < 4.78 is 7.12. The number of aryl methyl sites for hydroxylation is 1. The zero-order valence-corrected chi connectivity index (χ0v) is 14.4. The summed E-state index contributed by atoms with van der Waals surface area (Å²) in [5, 5.41) is 16.7. The Morgan fingerprint density at radius 2 is 2.35 bits per heavy atom. The maximum Gasteiger partial charge on any atom is 0.254 e. The number of aliphatic hydroxyl groups is 1. The Kier molecular flexibility index (Phi) is 6.59. The average Bonchev–Trinajstić information content (AvgIpc) is 3.13. The molecule has 2 heterocycles. The molecule has 0 aromatic carbocycles. The Balaban J connectivity index is 1.99. The SMILES string of the molecule is CC(C)C[C@@H](CCO)CNC(=O)c1cn(C)nc1[C@H]1CCOC1. The molecule has 1 amide bonds. The van der Waals surface area contributed by atoms with Gasteiger partial charge in [-0.05, 0) is 31.1 Å². The molecule has 0 spiro atoms. The van der Waals surface area contributed by atoms with Crippen molar-refractivity contribution in [1.82, 2.24) is 15.1 Å². The highest BCUT2D eigenvalue weighted by Crippen LogP contribution is 2.26. The van der Waals surface area contributed by atoms with Crippen molar-refractivity contribution in [2.24, 2.45) is 18.9 Å². The molecule has 1 aromatic heterocycles. The van der Waals surface area contributed by atoms with Crippen LogP contribution in [0.4, 0.5) is 0 Å². The van der Waals surface area contributed by atoms with E-state index in [1.807, 2.05) is 7.05 Å². The number of nitrogens with one attached hydrogen (secondary N) is 1. The first kappa shape index (κ1) is 17.9. The maximum atomic E-state index is 12.6. The zero-order chi connectivity index (χ0) is 16.8. The standard InChI is InChI=1S/C17H29N3O3/c1-12(2)8-13(4-6-21)9-18-17(22)15-10-20(3)19-16(15)14-5-7-23-11-14/h10,12-14,21H,4-9,11H2,1-3H3,(H,18,22)/t13-,14+/m1/s1. The lowest BCUT2D eigenvalue weighted by Crippen LogP contribution is -2.31. The molecule has 1 aliphatic heterocycles. The van der Waals surface area contributed by atoms with Crippen LogP contribution in [-0.4, -0.2) is 47.2 Å². The van der Waals surface area contributed by atoms with Gasteiger partial charge in [-0.3, -0.25) is 9.48 Å². The number of hydrogen-bond donors (Lipinski definition) is 2. The number of rotatable bonds is 8. The molecule has 0 aliphatic carbocycles. The lowest BCUT2D eigenvalue weighted by atomic mass is 9.94. The van der Waals surface area contributed by atoms with Crippen LogP contribution >= 0.6 is 0 Å². The normalized spacial score (nSPS) is 19.3. The first-order valence-electron chi connectivity index (χ1n) is 8.51. The molecule has 1 fully saturated rings. The second kappa shape index (κ2) is 8.45. The second-order valence-corrected chi connectivity index (χ2v) is 6.88. The fourth-order valence-corrected chi connectivity index (χ4v) is 3.22. The van der Waals surface area contributed by atoms with Crippen molar-refractivity contribution in [1.29, 1.82) is 0 Å². The number of aromatic nitrogens is 2. The molecular formula is C17H29N3O3. The smallest absolute Gasteiger partial charge is 0.254 e. The van der Waals surface area contributed by atoms with Gasteiger partial charge in [0.25, 0.3) is 5.91 Å². The molecule has 2 N–H and O–H groups in total. The molecular weight excluding hydrogens is 294 g/mol. The Labute approximate surface area is 138 Å². The Morgan fingerprint density at radius 1 is 1.57 bits per heavy atom. The highest BCUT2D eigenvalue weighted by molar-refractivity contribution is 5.95. The van der Waals surface area contributed by atoms with Crippen LogP contribution in [0.25, 0.3) is 0 Å². The van der Waals surface area contributed by atoms with Crippen LogP contribution in [-0.2, 0) is 11.8 Å². The van der Waals surface area contributed by atoms with Gasteiger partial charge in [0.2, 0.25) is 0 Å². The highest BCUT2D eigenvalue weighted by Gasteiger charge is 2.26. The Hall–Kier alpha value is -1.40. The first-order valence-corrected chi connectivity index (χ1v) is 8.51. The van der Waals surface area contributed by atoms with Gasteiger partial charge in [0.15, 0.2) is 0 Å². The molecule has 23 heavy (non-hydrogen) atoms. The summed E-state index contributed by atoms with van der Waals surface area (Å²) in [4.78, 5) is 12.6. The van der Waals surface area contributed by atoms with Crippen LogP contribution in [0.3, 0.4) is 0 Å². The third kappa shape index (κ3) is 5.04. The maximum absolute atomic E-state index is 12.6. The summed E-state index contributed by atoms with van der Waals surface area (Å²) in [5.41, 5.74) is 1.49. The molecule has 0 radical (unpaired) electrons. The number of carbonyl (C=O) groups is 1. The molecule has 0 saturated carbocycles. The van der Waals surface area contributed by atoms with Crippen molar-refractivity contribution in [3.8, 4) is 0 Å². The number of aliphatic hydroxyl groups excluding tert-OH is 1. The molecule has 1 aromatic rings. The van der Waals surface area contributed by atoms with Gasteiger partial charge in [-0.2, -0.15) is 5.10 Å². The third-order valence-electron chi connectivity index (χ3n) is 4.31. The van der Waals surface area contributed by atoms with Gasteiger partial charge >= 0.3 is 0 Å². The van der Waals surface area contributed by atoms with E-state index >= 15 is 0 Å². The summed E-state index contributed by atoms with van der Waals surface area (Å²) >= 11 is 0. The van der Waals surface area contributed by atoms with Gasteiger partial charge in [-0.25, -0.2) is 0 Å². The molecule has 2 atom stereocenters. The van der Waals surface area contributed by atoms with Crippen LogP contribution < -0.4 is 5.32 Å². The molecule has 0 bridgehead atoms. The van der Waals surface area contributed by atoms with Crippen molar-refractivity contribution in [3.63, 3.8) is 0 Å². The van der Waals surface area contributed by atoms with E-state index in [4.69, 9.17) is 4.74 Å². The van der Waals surface area contributed by atoms with E-state index in [9.17, 15) is 9.90 Å². The quantitative estimate of drug-likeness (QED) is 0.763. The summed E-state index contributed by atoms with van der Waals surface area (Å²) in [7, 11) is 1.84. The third-order valence-corrected chi connectivity index (χ3v) is 4.31. The minimum absolute atomic E-state index is 0.0771. The molecule has 0 unspecified atom stereocenters. The number of ether oxygens (including phenoxy) is 1. The van der Waals surface area contributed by atoms with Crippen LogP contribution in [0.2, 0.25) is 0 Å². The molecule has 2 rings (SSSR count). The van der Waals surface area contributed by atoms with E-state index in [0.29, 0.717) is 30.6 Å². The Morgan fingerprint density at radius 3 is 2.96 bits per heavy atom. The summed E-state index contributed by atoms with van der Waals surface area (Å²) in [6, 6.07) is 0. The van der Waals surface area contributed by atoms with Crippen LogP contribution in [0.1, 0.15) is 55.1 Å². The summed E-state index contributed by atoms with van der Waals surface area (Å²) in [6.07, 6.45) is 4.41. The lowest BCUT2D eigenvalue weighted by Gasteiger charge is -2.18. The van der Waals surface area contributed by atoms with Crippen molar-refractivity contribution < 1.29 is 14.6 Å². The van der Waals surface area contributed by atoms with Crippen molar-refractivity contribution in [2.75, 3.05) is 26.4 Å². The highest BCUT2D eigenvalue weighted by atomic mass is 16.5. The topological polar surface area (TPSA) is 76.4 Å². The molecule has 130 valence electrons. The van der Waals surface area contributed by atoms with Crippen molar-refractivity contribution in [2.45, 2.75) is 39.0 Å². The fourth-order valence-electron chi connectivity index (χ4n) is 3.22. The predicted molar refractivity (Wildman–Crippen MR) is 88.4 cm³/mol. The predicted octanol–water partition coefficient (Wildman–Crippen LogP) is 1.70. The summed E-state index contributed by atoms with van der Waals surface area (Å²) in [5.74, 6) is 0.986. The van der Waals surface area contributed by atoms with Gasteiger partial charge in [-0.15, -0.1) is 0 Å². The zero-order valence-electron chi connectivity index (χ0n) is 14.4. The van der Waals surface area contributed by atoms with Crippen LogP contribution in [0, 0.1) is 11.8 Å². The van der Waals surface area contributed by atoms with Gasteiger partial charge in [0.1, 0.15) is 0 Å². The monoisotopic (exact) mass is 323 g/mol. The Bertz CT molecular complexity index is 507. The van der Waals surface area contributed by atoms with E-state index in [0.717, 1.165) is 31.6 Å². The van der Waals surface area contributed by atoms with Gasteiger partial charge in [0, 0.05) is 38.9 Å². The number of amides is 1. The largest absolute Gasteiger partial charge is 0.396 e. The molecule has 1 aliphatic rings. The van der Waals surface area contributed by atoms with Gasteiger partial charge in [0.05, 0.1) is 17.9 Å². The number of hydrogen-bond acceptors (Lipinski definition) is 4. The second-order valence-electron chi connectivity index (χ2n) is 6.88. The number of nitrogens with zero attached hydrogens (tertiary/aromatic N) is 2. The fraction of sp³-hybridized carbons (Fsp3) is 0.765. The van der Waals surface area contributed by atoms with Gasteiger partial charge < -0.3 is 15.2 Å². The molecule has 1 saturated heterocycles. The van der Waals surface area contributed by atoms with Crippen molar-refractivity contribution >= 4 is 5.91 Å². The van der Waals surface area contributed by atoms with Crippen molar-refractivity contribution in [3.05, 3.63) is 17.5 Å². The van der Waals surface area contributed by atoms with E-state index < -0.39 is 0 Å². The molecule has 6 nitrogen and oxygen atoms in total. The van der Waals surface area contributed by atoms with Crippen LogP contribution in [0.15, 0.2) is 6.20 Å². The van der Waals surface area contributed by atoms with E-state index in [1.165, 1.54) is 0 Å². The summed E-state index contributed by atoms with van der Waals surface area (Å²) in [6.45, 7) is 6.43. The first-order chi connectivity index (χ1) is 11.0. The molecule has 6 heteroatoms. The minimum Gasteiger partial charge on any atom is -0.396 e. The minimum atomic E-state index is -0.0771. The lowest BCUT2D eigenvalue weighted by molar-refractivity contribution is 0.0939. The van der Waals surface area contributed by atoms with Crippen LogP contribution in [0.5, 0.6) is 0 Å².